The summed E-state index contributed by atoms with van der Waals surface area (Å²) in [7, 11) is 1.86. The Bertz CT molecular complexity index is 1100. The third-order valence-electron chi connectivity index (χ3n) is 4.14. The quantitative estimate of drug-likeness (QED) is 0.487. The Morgan fingerprint density at radius 2 is 2.18 bits per heavy atom. The molecule has 1 amide bonds. The molecule has 0 aliphatic heterocycles. The van der Waals surface area contributed by atoms with Crippen molar-refractivity contribution in [1.29, 1.82) is 0 Å². The van der Waals surface area contributed by atoms with Crippen LogP contribution in [0.15, 0.2) is 78.9 Å². The summed E-state index contributed by atoms with van der Waals surface area (Å²) in [5, 5.41) is 5.07. The van der Waals surface area contributed by atoms with Crippen LogP contribution < -0.4 is 16.2 Å². The van der Waals surface area contributed by atoms with Crippen molar-refractivity contribution in [3.8, 4) is 16.9 Å². The molecule has 7 nitrogen and oxygen atoms in total. The molecule has 1 aromatic carbocycles. The normalized spacial score (nSPS) is 11.8. The van der Waals surface area contributed by atoms with Gasteiger partial charge in [0.1, 0.15) is 12.4 Å². The summed E-state index contributed by atoms with van der Waals surface area (Å²) in [6.07, 6.45) is 9.77. The lowest BCUT2D eigenvalue weighted by atomic mass is 10.1. The summed E-state index contributed by atoms with van der Waals surface area (Å²) < 4.78 is 7.72. The molecule has 2 heterocycles. The molecule has 7 heteroatoms. The van der Waals surface area contributed by atoms with Crippen LogP contribution in [0.2, 0.25) is 0 Å². The van der Waals surface area contributed by atoms with Gasteiger partial charge in [0.15, 0.2) is 0 Å². The molecule has 0 atom stereocenters. The fraction of sp³-hybridized carbons (Fsp3) is 0.0952. The van der Waals surface area contributed by atoms with Crippen molar-refractivity contribution in [2.75, 3.05) is 6.61 Å². The van der Waals surface area contributed by atoms with Gasteiger partial charge in [0.25, 0.3) is 0 Å². The van der Waals surface area contributed by atoms with Gasteiger partial charge in [0.05, 0.1) is 11.7 Å². The van der Waals surface area contributed by atoms with Gasteiger partial charge in [0, 0.05) is 36.0 Å². The largest absolute Gasteiger partial charge is 0.488 e. The van der Waals surface area contributed by atoms with Crippen molar-refractivity contribution < 1.29 is 9.53 Å². The molecule has 28 heavy (non-hydrogen) atoms. The van der Waals surface area contributed by atoms with Crippen LogP contribution in [0.3, 0.4) is 0 Å². The molecule has 0 aliphatic rings. The van der Waals surface area contributed by atoms with E-state index in [4.69, 9.17) is 16.2 Å². The highest BCUT2D eigenvalue weighted by Crippen LogP contribution is 2.32. The minimum absolute atomic E-state index is 0.0909. The van der Waals surface area contributed by atoms with E-state index in [1.807, 2.05) is 37.5 Å². The fourth-order valence-electron chi connectivity index (χ4n) is 2.77. The Morgan fingerprint density at radius 3 is 2.86 bits per heavy atom. The number of carbonyl (C=O) groups excluding carboxylic acids is 1. The van der Waals surface area contributed by atoms with Gasteiger partial charge >= 0.3 is 0 Å². The van der Waals surface area contributed by atoms with Crippen molar-refractivity contribution in [1.82, 2.24) is 14.8 Å². The summed E-state index contributed by atoms with van der Waals surface area (Å²) >= 11 is 0. The number of carbonyl (C=O) groups is 1. The molecule has 0 radical (unpaired) electrons. The zero-order valence-electron chi connectivity index (χ0n) is 15.5. The fourth-order valence-corrected chi connectivity index (χ4v) is 2.77. The van der Waals surface area contributed by atoms with E-state index in [9.17, 15) is 4.79 Å². The molecule has 4 N–H and O–H groups in total. The topological polar surface area (TPSA) is 109 Å². The summed E-state index contributed by atoms with van der Waals surface area (Å²) in [6.45, 7) is 4.00. The number of aromatic nitrogens is 3. The van der Waals surface area contributed by atoms with Crippen LogP contribution in [0.5, 0.6) is 5.75 Å². The number of ether oxygens (including phenoxy) is 1. The van der Waals surface area contributed by atoms with Crippen LogP contribution in [0.1, 0.15) is 0 Å². The first-order valence-corrected chi connectivity index (χ1v) is 8.56. The molecule has 2 aromatic heterocycles. The molecule has 0 fully saturated rings. The third kappa shape index (κ3) is 4.09. The van der Waals surface area contributed by atoms with Gasteiger partial charge in [-0.3, -0.25) is 14.5 Å². The number of allylic oxidation sites excluding steroid dienone is 2. The monoisotopic (exact) mass is 375 g/mol. The van der Waals surface area contributed by atoms with Crippen LogP contribution >= 0.6 is 0 Å². The van der Waals surface area contributed by atoms with Gasteiger partial charge in [0.2, 0.25) is 5.91 Å². The molecule has 0 saturated heterocycles. The second-order valence-corrected chi connectivity index (χ2v) is 6.17. The molecule has 3 aromatic rings. The van der Waals surface area contributed by atoms with Gasteiger partial charge < -0.3 is 16.2 Å². The molecule has 0 aliphatic carbocycles. The average Bonchev–Trinajstić information content (AvgIpc) is 3.12. The van der Waals surface area contributed by atoms with Gasteiger partial charge in [-0.2, -0.15) is 5.10 Å². The Kier molecular flexibility index (Phi) is 5.55. The first kappa shape index (κ1) is 18.9. The molecule has 0 saturated carbocycles. The maximum Gasteiger partial charge on any atom is 0.249 e. The van der Waals surface area contributed by atoms with Crippen molar-refractivity contribution >= 4 is 16.8 Å². The van der Waals surface area contributed by atoms with Gasteiger partial charge in [-0.15, -0.1) is 0 Å². The number of amides is 1. The summed E-state index contributed by atoms with van der Waals surface area (Å²) in [6, 6.07) is 7.67. The van der Waals surface area contributed by atoms with E-state index in [0.29, 0.717) is 11.3 Å². The molecule has 0 unspecified atom stereocenters. The SMILES string of the molecule is C=C(COc1cc(-c2cnn(C)c2)cc2ncccc12)/C(=C\C=C/N)C(N)=O. The lowest BCUT2D eigenvalue weighted by Gasteiger charge is -2.13. The lowest BCUT2D eigenvalue weighted by molar-refractivity contribution is -0.114. The Morgan fingerprint density at radius 1 is 1.36 bits per heavy atom. The molecule has 3 rings (SSSR count). The van der Waals surface area contributed by atoms with E-state index in [1.54, 1.807) is 17.1 Å². The highest BCUT2D eigenvalue weighted by molar-refractivity contribution is 5.96. The van der Waals surface area contributed by atoms with Crippen molar-refractivity contribution in [2.24, 2.45) is 18.5 Å². The minimum Gasteiger partial charge on any atom is -0.488 e. The number of fused-ring (bicyclic) bond motifs is 1. The summed E-state index contributed by atoms with van der Waals surface area (Å²) in [5.74, 6) is 0.0334. The Balaban J connectivity index is 1.94. The third-order valence-corrected chi connectivity index (χ3v) is 4.14. The van der Waals surface area contributed by atoms with Crippen molar-refractivity contribution in [3.05, 3.63) is 78.9 Å². The maximum absolute atomic E-state index is 11.7. The van der Waals surface area contributed by atoms with Crippen molar-refractivity contribution in [3.63, 3.8) is 0 Å². The standard InChI is InChI=1S/C21H21N5O2/c1-14(17(21(23)27)5-3-7-22)13-28-20-10-15(16-11-25-26(2)12-16)9-19-18(20)6-4-8-24-19/h3-12H,1,13,22H2,2H3,(H2,23,27)/b7-3-,17-5+. The van der Waals surface area contributed by atoms with E-state index < -0.39 is 5.91 Å². The predicted molar refractivity (Wildman–Crippen MR) is 109 cm³/mol. The highest BCUT2D eigenvalue weighted by atomic mass is 16.5. The number of benzene rings is 1. The number of aryl methyl sites for hydroxylation is 1. The van der Waals surface area contributed by atoms with Crippen LogP contribution in [-0.2, 0) is 11.8 Å². The minimum atomic E-state index is -0.595. The summed E-state index contributed by atoms with van der Waals surface area (Å²) in [5.41, 5.74) is 14.1. The molecular weight excluding hydrogens is 354 g/mol. The second kappa shape index (κ2) is 8.22. The van der Waals surface area contributed by atoms with E-state index in [0.717, 1.165) is 22.0 Å². The highest BCUT2D eigenvalue weighted by Gasteiger charge is 2.13. The van der Waals surface area contributed by atoms with Crippen LogP contribution in [0, 0.1) is 0 Å². The van der Waals surface area contributed by atoms with Gasteiger partial charge in [-0.1, -0.05) is 6.58 Å². The van der Waals surface area contributed by atoms with E-state index >= 15 is 0 Å². The number of rotatable bonds is 7. The van der Waals surface area contributed by atoms with Crippen LogP contribution in [0.4, 0.5) is 0 Å². The number of hydrogen-bond donors (Lipinski definition) is 2. The zero-order valence-corrected chi connectivity index (χ0v) is 15.5. The van der Waals surface area contributed by atoms with Gasteiger partial charge in [-0.25, -0.2) is 0 Å². The lowest BCUT2D eigenvalue weighted by Crippen LogP contribution is -2.18. The number of nitrogens with two attached hydrogens (primary N) is 2. The molecule has 0 spiro atoms. The number of hydrogen-bond acceptors (Lipinski definition) is 5. The van der Waals surface area contributed by atoms with E-state index in [-0.39, 0.29) is 12.2 Å². The second-order valence-electron chi connectivity index (χ2n) is 6.17. The van der Waals surface area contributed by atoms with Crippen molar-refractivity contribution in [2.45, 2.75) is 0 Å². The van der Waals surface area contributed by atoms with E-state index in [2.05, 4.69) is 16.7 Å². The molecular formula is C21H21N5O2. The molecule has 142 valence electrons. The average molecular weight is 375 g/mol. The van der Waals surface area contributed by atoms with E-state index in [1.165, 1.54) is 18.4 Å². The van der Waals surface area contributed by atoms with Crippen LogP contribution in [-0.4, -0.2) is 27.3 Å². The zero-order chi connectivity index (χ0) is 20.1. The maximum atomic E-state index is 11.7. The Hall–Kier alpha value is -3.87. The van der Waals surface area contributed by atoms with Gasteiger partial charge in [-0.05, 0) is 53.8 Å². The number of nitrogens with zero attached hydrogens (tertiary/aromatic N) is 3. The summed E-state index contributed by atoms with van der Waals surface area (Å²) in [4.78, 5) is 16.1. The Labute approximate surface area is 162 Å². The first-order valence-electron chi connectivity index (χ1n) is 8.56. The first-order chi connectivity index (χ1) is 13.5. The molecule has 0 bridgehead atoms. The number of pyridine rings is 1. The number of primary amides is 1. The smallest absolute Gasteiger partial charge is 0.249 e. The van der Waals surface area contributed by atoms with Crippen LogP contribution in [0.25, 0.3) is 22.0 Å². The predicted octanol–water partition coefficient (Wildman–Crippen LogP) is 2.45.